The zero-order valence-corrected chi connectivity index (χ0v) is 16.8. The number of nitrogens with zero attached hydrogens (tertiary/aromatic N) is 3. The van der Waals surface area contributed by atoms with Gasteiger partial charge in [-0.25, -0.2) is 15.3 Å². The highest BCUT2D eigenvalue weighted by molar-refractivity contribution is 5.87. The second-order valence-corrected chi connectivity index (χ2v) is 5.81. The molecule has 4 N–H and O–H groups in total. The molecule has 2 rings (SSSR count). The number of hydrogen-bond donors (Lipinski definition) is 4. The normalized spacial score (nSPS) is 10.6. The number of anilines is 1. The summed E-state index contributed by atoms with van der Waals surface area (Å²) >= 11 is 0. The van der Waals surface area contributed by atoms with Crippen LogP contribution in [0.5, 0.6) is 11.5 Å². The van der Waals surface area contributed by atoms with Crippen molar-refractivity contribution < 1.29 is 19.2 Å². The monoisotopic (exact) mass is 435 g/mol. The predicted molar refractivity (Wildman–Crippen MR) is 110 cm³/mol. The summed E-state index contributed by atoms with van der Waals surface area (Å²) in [7, 11) is 0. The first-order valence-electron chi connectivity index (χ1n) is 9.18. The van der Waals surface area contributed by atoms with Crippen LogP contribution in [0.25, 0.3) is 0 Å². The van der Waals surface area contributed by atoms with Crippen molar-refractivity contribution in [3.8, 4) is 11.5 Å². The summed E-state index contributed by atoms with van der Waals surface area (Å²) in [5.41, 5.74) is 0.816. The molecule has 0 atom stereocenters. The molecule has 0 spiro atoms. The molecule has 1 aromatic heterocycles. The molecule has 0 aliphatic carbocycles. The predicted octanol–water partition coefficient (Wildman–Crippen LogP) is 0.116. The molecule has 166 valence electrons. The van der Waals surface area contributed by atoms with Crippen molar-refractivity contribution in [2.75, 3.05) is 25.1 Å². The van der Waals surface area contributed by atoms with Gasteiger partial charge in [0, 0.05) is 30.7 Å². The minimum absolute atomic E-state index is 0.0438. The van der Waals surface area contributed by atoms with Gasteiger partial charge in [0.15, 0.2) is 0 Å². The average molecular weight is 435 g/mol. The Bertz CT molecular complexity index is 1080. The van der Waals surface area contributed by atoms with E-state index in [4.69, 9.17) is 9.47 Å². The van der Waals surface area contributed by atoms with Crippen molar-refractivity contribution in [2.24, 2.45) is 5.10 Å². The van der Waals surface area contributed by atoms with E-state index in [0.29, 0.717) is 12.4 Å². The molecule has 0 unspecified atom stereocenters. The largest absolute Gasteiger partial charge is 0.493 e. The summed E-state index contributed by atoms with van der Waals surface area (Å²) in [6, 6.07) is 2.63. The van der Waals surface area contributed by atoms with Gasteiger partial charge in [-0.1, -0.05) is 0 Å². The number of aromatic amines is 2. The molecule has 0 aliphatic rings. The number of nitro benzene ring substituents is 1. The summed E-state index contributed by atoms with van der Waals surface area (Å²) in [4.78, 5) is 47.0. The van der Waals surface area contributed by atoms with Gasteiger partial charge in [0.05, 0.1) is 24.4 Å². The van der Waals surface area contributed by atoms with Gasteiger partial charge in [0.2, 0.25) is 17.5 Å². The lowest BCUT2D eigenvalue weighted by Gasteiger charge is -2.10. The van der Waals surface area contributed by atoms with E-state index >= 15 is 0 Å². The number of nitrogens with one attached hydrogen (secondary N) is 4. The fourth-order valence-corrected chi connectivity index (χ4v) is 2.35. The van der Waals surface area contributed by atoms with E-state index in [1.54, 1.807) is 13.8 Å². The number of hydrazone groups is 1. The fraction of sp³-hybridized carbons (Fsp3) is 0.353. The van der Waals surface area contributed by atoms with Crippen LogP contribution in [0.15, 0.2) is 26.8 Å². The Morgan fingerprint density at radius 2 is 1.97 bits per heavy atom. The van der Waals surface area contributed by atoms with Gasteiger partial charge >= 0.3 is 11.4 Å². The third-order valence-corrected chi connectivity index (χ3v) is 3.64. The Balaban J connectivity index is 2.02. The average Bonchev–Trinajstić information content (AvgIpc) is 2.71. The standard InChI is InChI=1S/C17H21N7O7/c1-3-30-12-8-13(31-4-2)11(24(28)29)7-10(12)9-19-21-14(25)5-6-18-15-16(26)20-17(27)23-22-15/h7-9H,3-6H2,1-2H3,(H,18,22)(H,21,25)(H2,20,23,26,27)/b19-9+. The number of amides is 1. The molecule has 1 amide bonds. The molecular weight excluding hydrogens is 414 g/mol. The van der Waals surface area contributed by atoms with Gasteiger partial charge in [0.25, 0.3) is 5.56 Å². The first-order chi connectivity index (χ1) is 14.8. The lowest BCUT2D eigenvalue weighted by Crippen LogP contribution is -2.28. The Hall–Kier alpha value is -4.23. The topological polar surface area (TPSA) is 194 Å². The lowest BCUT2D eigenvalue weighted by molar-refractivity contribution is -0.385. The van der Waals surface area contributed by atoms with E-state index in [9.17, 15) is 24.5 Å². The highest BCUT2D eigenvalue weighted by Gasteiger charge is 2.19. The molecule has 14 nitrogen and oxygen atoms in total. The summed E-state index contributed by atoms with van der Waals surface area (Å²) in [5, 5.41) is 23.2. The molecule has 0 saturated carbocycles. The van der Waals surface area contributed by atoms with E-state index in [1.807, 2.05) is 4.98 Å². The van der Waals surface area contributed by atoms with Gasteiger partial charge in [-0.15, -0.1) is 5.10 Å². The Labute approximate surface area is 174 Å². The van der Waals surface area contributed by atoms with E-state index in [0.717, 1.165) is 0 Å². The summed E-state index contributed by atoms with van der Waals surface area (Å²) in [5.74, 6) is -0.268. The molecule has 2 aromatic rings. The minimum Gasteiger partial charge on any atom is -0.493 e. The maximum atomic E-state index is 11.9. The molecule has 1 aromatic carbocycles. The van der Waals surface area contributed by atoms with Crippen molar-refractivity contribution in [2.45, 2.75) is 20.3 Å². The van der Waals surface area contributed by atoms with Crippen LogP contribution in [0.2, 0.25) is 0 Å². The summed E-state index contributed by atoms with van der Waals surface area (Å²) < 4.78 is 10.8. The van der Waals surface area contributed by atoms with Gasteiger partial charge in [0.1, 0.15) is 5.75 Å². The zero-order chi connectivity index (χ0) is 22.8. The van der Waals surface area contributed by atoms with Crippen molar-refractivity contribution in [1.82, 2.24) is 20.6 Å². The highest BCUT2D eigenvalue weighted by atomic mass is 16.6. The first kappa shape index (κ1) is 23.1. The molecule has 31 heavy (non-hydrogen) atoms. The molecule has 1 heterocycles. The second-order valence-electron chi connectivity index (χ2n) is 5.81. The molecule has 0 fully saturated rings. The third-order valence-electron chi connectivity index (χ3n) is 3.64. The Kier molecular flexibility index (Phi) is 8.24. The number of carbonyl (C=O) groups is 1. The highest BCUT2D eigenvalue weighted by Crippen LogP contribution is 2.34. The SMILES string of the molecule is CCOc1cc(OCC)c([N+](=O)[O-])cc1/C=N/NC(=O)CCNc1n[nH]c(=O)[nH]c1=O. The van der Waals surface area contributed by atoms with E-state index in [2.05, 4.69) is 26.0 Å². The van der Waals surface area contributed by atoms with Crippen LogP contribution in [0.3, 0.4) is 0 Å². The third kappa shape index (κ3) is 6.66. The molecule has 0 aliphatic heterocycles. The van der Waals surface area contributed by atoms with E-state index in [-0.39, 0.29) is 42.4 Å². The number of benzene rings is 1. The van der Waals surface area contributed by atoms with Gasteiger partial charge in [-0.05, 0) is 13.8 Å². The van der Waals surface area contributed by atoms with Crippen molar-refractivity contribution in [1.29, 1.82) is 0 Å². The smallest absolute Gasteiger partial charge is 0.342 e. The van der Waals surface area contributed by atoms with Crippen LogP contribution in [0.4, 0.5) is 11.5 Å². The van der Waals surface area contributed by atoms with Gasteiger partial charge in [-0.2, -0.15) is 5.10 Å². The Morgan fingerprint density at radius 3 is 2.61 bits per heavy atom. The molecule has 0 saturated heterocycles. The number of carbonyl (C=O) groups excluding carboxylic acids is 1. The van der Waals surface area contributed by atoms with Crippen molar-refractivity contribution in [3.05, 3.63) is 48.6 Å². The van der Waals surface area contributed by atoms with Crippen LogP contribution in [-0.2, 0) is 4.79 Å². The molecule has 0 radical (unpaired) electrons. The fourth-order valence-electron chi connectivity index (χ4n) is 2.35. The second kappa shape index (κ2) is 11.1. The lowest BCUT2D eigenvalue weighted by atomic mass is 10.1. The van der Waals surface area contributed by atoms with E-state index in [1.165, 1.54) is 18.3 Å². The van der Waals surface area contributed by atoms with Crippen LogP contribution >= 0.6 is 0 Å². The van der Waals surface area contributed by atoms with Gasteiger partial charge in [-0.3, -0.25) is 24.7 Å². The van der Waals surface area contributed by atoms with Gasteiger partial charge < -0.3 is 14.8 Å². The van der Waals surface area contributed by atoms with Crippen molar-refractivity contribution >= 4 is 23.6 Å². The summed E-state index contributed by atoms with van der Waals surface area (Å²) in [6.45, 7) is 4.04. The Morgan fingerprint density at radius 1 is 1.26 bits per heavy atom. The minimum atomic E-state index is -0.747. The molecule has 0 bridgehead atoms. The van der Waals surface area contributed by atoms with Crippen LogP contribution in [-0.4, -0.2) is 52.0 Å². The first-order valence-corrected chi connectivity index (χ1v) is 9.18. The zero-order valence-electron chi connectivity index (χ0n) is 16.8. The van der Waals surface area contributed by atoms with Crippen LogP contribution in [0.1, 0.15) is 25.8 Å². The quantitative estimate of drug-likeness (QED) is 0.215. The number of H-pyrrole nitrogens is 2. The van der Waals surface area contributed by atoms with Crippen LogP contribution in [0, 0.1) is 10.1 Å². The van der Waals surface area contributed by atoms with E-state index < -0.39 is 22.1 Å². The van der Waals surface area contributed by atoms with Crippen molar-refractivity contribution in [3.63, 3.8) is 0 Å². The number of rotatable bonds is 11. The number of aromatic nitrogens is 3. The maximum Gasteiger partial charge on any atom is 0.342 e. The number of hydrogen-bond acceptors (Lipinski definition) is 10. The molecular formula is C17H21N7O7. The van der Waals surface area contributed by atoms with Crippen LogP contribution < -0.4 is 31.5 Å². The maximum absolute atomic E-state index is 11.9. The number of ether oxygens (including phenoxy) is 2. The summed E-state index contributed by atoms with van der Waals surface area (Å²) in [6.07, 6.45) is 1.15. The molecule has 14 heteroatoms. The number of nitro groups is 1.